The Hall–Kier alpha value is -6.32. The summed E-state index contributed by atoms with van der Waals surface area (Å²) in [5, 5.41) is 9.34. The summed E-state index contributed by atoms with van der Waals surface area (Å²) in [6.45, 7) is 0. The average molecular weight is 601 g/mol. The topological polar surface area (TPSA) is 21.3 Å². The molecule has 0 radical (unpaired) electrons. The highest BCUT2D eigenvalue weighted by molar-refractivity contribution is 6.22. The first kappa shape index (κ1) is 26.0. The summed E-state index contributed by atoms with van der Waals surface area (Å²) in [5.74, 6) is 0. The van der Waals surface area contributed by atoms with E-state index in [1.54, 1.807) is 0 Å². The van der Waals surface area contributed by atoms with Gasteiger partial charge in [-0.3, -0.25) is 0 Å². The van der Waals surface area contributed by atoms with Gasteiger partial charge in [0.1, 0.15) is 11.2 Å². The number of nitrogens with zero attached hydrogens (tertiary/aromatic N) is 2. The summed E-state index contributed by atoms with van der Waals surface area (Å²) in [6, 6.07) is 60.8. The van der Waals surface area contributed by atoms with Crippen LogP contribution in [0, 0.1) is 0 Å². The van der Waals surface area contributed by atoms with E-state index in [1.165, 1.54) is 32.6 Å². The van der Waals surface area contributed by atoms with E-state index < -0.39 is 0 Å². The molecule has 0 bridgehead atoms. The van der Waals surface area contributed by atoms with E-state index >= 15 is 0 Å². The Bertz CT molecular complexity index is 2760. The summed E-state index contributed by atoms with van der Waals surface area (Å²) in [6.07, 6.45) is 0. The van der Waals surface area contributed by atoms with Crippen molar-refractivity contribution in [2.24, 2.45) is 0 Å². The monoisotopic (exact) mass is 600 g/mol. The van der Waals surface area contributed by atoms with Gasteiger partial charge in [0.25, 0.3) is 0 Å². The molecule has 0 atom stereocenters. The molecule has 8 aromatic carbocycles. The van der Waals surface area contributed by atoms with Gasteiger partial charge < -0.3 is 13.9 Å². The van der Waals surface area contributed by atoms with Crippen LogP contribution >= 0.6 is 0 Å². The van der Waals surface area contributed by atoms with Crippen molar-refractivity contribution in [1.29, 1.82) is 0 Å². The predicted molar refractivity (Wildman–Crippen MR) is 198 cm³/mol. The fourth-order valence-electron chi connectivity index (χ4n) is 7.50. The minimum atomic E-state index is 0.886. The SMILES string of the molecule is c1cc(N(c2cccc3ccccc23)c2cc3ccccc3c3oc4ccccc4c23)cc(-n2c3ccccc3c3ccccc32)c1. The third-order valence-corrected chi connectivity index (χ3v) is 9.52. The number of fused-ring (bicyclic) bond motifs is 9. The van der Waals surface area contributed by atoms with Crippen molar-refractivity contribution < 1.29 is 4.42 Å². The maximum atomic E-state index is 6.66. The van der Waals surface area contributed by atoms with Crippen LogP contribution < -0.4 is 4.90 Å². The second-order valence-corrected chi connectivity index (χ2v) is 12.1. The molecule has 0 unspecified atom stereocenters. The average Bonchev–Trinajstić information content (AvgIpc) is 3.69. The van der Waals surface area contributed by atoms with Crippen LogP contribution in [0.3, 0.4) is 0 Å². The van der Waals surface area contributed by atoms with Crippen molar-refractivity contribution in [3.63, 3.8) is 0 Å². The van der Waals surface area contributed by atoms with E-state index in [0.717, 1.165) is 55.5 Å². The number of para-hydroxylation sites is 3. The van der Waals surface area contributed by atoms with E-state index in [1.807, 2.05) is 6.07 Å². The molecular formula is C44H28N2O. The molecule has 0 amide bonds. The zero-order valence-electron chi connectivity index (χ0n) is 25.5. The molecule has 2 heterocycles. The summed E-state index contributed by atoms with van der Waals surface area (Å²) in [7, 11) is 0. The largest absolute Gasteiger partial charge is 0.455 e. The minimum absolute atomic E-state index is 0.886. The van der Waals surface area contributed by atoms with Gasteiger partial charge in [-0.1, -0.05) is 121 Å². The Balaban J connectivity index is 1.32. The lowest BCUT2D eigenvalue weighted by molar-refractivity contribution is 0.672. The van der Waals surface area contributed by atoms with Crippen molar-refractivity contribution in [3.8, 4) is 5.69 Å². The van der Waals surface area contributed by atoms with E-state index in [4.69, 9.17) is 4.42 Å². The van der Waals surface area contributed by atoms with Crippen LogP contribution in [0.2, 0.25) is 0 Å². The van der Waals surface area contributed by atoms with Crippen LogP contribution in [0.5, 0.6) is 0 Å². The number of aromatic nitrogens is 1. The molecule has 0 N–H and O–H groups in total. The first-order chi connectivity index (χ1) is 23.3. The van der Waals surface area contributed by atoms with Crippen LogP contribution in [-0.2, 0) is 0 Å². The van der Waals surface area contributed by atoms with Crippen molar-refractivity contribution >= 4 is 82.4 Å². The molecular weight excluding hydrogens is 572 g/mol. The lowest BCUT2D eigenvalue weighted by Crippen LogP contribution is -2.11. The number of rotatable bonds is 4. The minimum Gasteiger partial charge on any atom is -0.455 e. The molecule has 10 aromatic rings. The highest BCUT2D eigenvalue weighted by Crippen LogP contribution is 2.47. The summed E-state index contributed by atoms with van der Waals surface area (Å²) < 4.78 is 9.05. The summed E-state index contributed by atoms with van der Waals surface area (Å²) >= 11 is 0. The molecule has 0 saturated carbocycles. The molecule has 0 saturated heterocycles. The van der Waals surface area contributed by atoms with E-state index in [2.05, 4.69) is 173 Å². The van der Waals surface area contributed by atoms with Gasteiger partial charge in [-0.2, -0.15) is 0 Å². The smallest absolute Gasteiger partial charge is 0.145 e. The van der Waals surface area contributed by atoms with Crippen molar-refractivity contribution in [2.75, 3.05) is 4.90 Å². The zero-order valence-corrected chi connectivity index (χ0v) is 25.5. The van der Waals surface area contributed by atoms with Gasteiger partial charge in [0.2, 0.25) is 0 Å². The van der Waals surface area contributed by atoms with Gasteiger partial charge in [-0.25, -0.2) is 0 Å². The molecule has 47 heavy (non-hydrogen) atoms. The molecule has 3 heteroatoms. The number of hydrogen-bond donors (Lipinski definition) is 0. The van der Waals surface area contributed by atoms with Crippen molar-refractivity contribution in [1.82, 2.24) is 4.57 Å². The first-order valence-corrected chi connectivity index (χ1v) is 16.0. The van der Waals surface area contributed by atoms with Crippen molar-refractivity contribution in [2.45, 2.75) is 0 Å². The van der Waals surface area contributed by atoms with Crippen LogP contribution in [0.25, 0.3) is 71.0 Å². The Kier molecular flexibility index (Phi) is 5.57. The fourth-order valence-corrected chi connectivity index (χ4v) is 7.50. The van der Waals surface area contributed by atoms with E-state index in [9.17, 15) is 0 Å². The molecule has 3 nitrogen and oxygen atoms in total. The highest BCUT2D eigenvalue weighted by Gasteiger charge is 2.23. The van der Waals surface area contributed by atoms with Gasteiger partial charge in [0.15, 0.2) is 0 Å². The molecule has 0 aliphatic heterocycles. The predicted octanol–water partition coefficient (Wildman–Crippen LogP) is 12.5. The zero-order chi connectivity index (χ0) is 30.9. The Morgan fingerprint density at radius 3 is 1.81 bits per heavy atom. The second kappa shape index (κ2) is 10.1. The maximum absolute atomic E-state index is 6.66. The fraction of sp³-hybridized carbons (Fsp3) is 0. The van der Waals surface area contributed by atoms with Gasteiger partial charge in [0.05, 0.1) is 27.8 Å². The number of benzene rings is 8. The van der Waals surface area contributed by atoms with E-state index in [0.29, 0.717) is 0 Å². The lowest BCUT2D eigenvalue weighted by Gasteiger charge is -2.28. The molecule has 0 spiro atoms. The summed E-state index contributed by atoms with van der Waals surface area (Å²) in [5.41, 5.74) is 8.55. The second-order valence-electron chi connectivity index (χ2n) is 12.1. The number of hydrogen-bond acceptors (Lipinski definition) is 2. The van der Waals surface area contributed by atoms with Gasteiger partial charge in [0, 0.05) is 38.3 Å². The van der Waals surface area contributed by atoms with Crippen LogP contribution in [0.15, 0.2) is 174 Å². The molecule has 10 rings (SSSR count). The van der Waals surface area contributed by atoms with Crippen molar-refractivity contribution in [3.05, 3.63) is 170 Å². The quantitative estimate of drug-likeness (QED) is 0.200. The first-order valence-electron chi connectivity index (χ1n) is 16.0. The molecule has 0 aliphatic rings. The van der Waals surface area contributed by atoms with Gasteiger partial charge >= 0.3 is 0 Å². The van der Waals surface area contributed by atoms with Gasteiger partial charge in [-0.05, 0) is 59.3 Å². The third-order valence-electron chi connectivity index (χ3n) is 9.52. The molecule has 220 valence electrons. The van der Waals surface area contributed by atoms with Crippen LogP contribution in [-0.4, -0.2) is 4.57 Å². The molecule has 0 aliphatic carbocycles. The summed E-state index contributed by atoms with van der Waals surface area (Å²) in [4.78, 5) is 2.43. The Labute approximate surface area is 271 Å². The number of anilines is 3. The number of furan rings is 1. The molecule has 0 fully saturated rings. The van der Waals surface area contributed by atoms with Crippen LogP contribution in [0.1, 0.15) is 0 Å². The maximum Gasteiger partial charge on any atom is 0.145 e. The normalized spacial score (nSPS) is 11.8. The highest BCUT2D eigenvalue weighted by atomic mass is 16.3. The standard InChI is InChI=1S/C44H28N2O/c1-3-18-33-29(13-1)15-11-25-38(33)46(41-27-30-14-2-4-19-34(30)44-43(41)37-22-7-10-26-42(37)47-44)32-17-12-16-31(28-32)45-39-23-8-5-20-35(39)36-21-6-9-24-40(36)45/h1-28H. The van der Waals surface area contributed by atoms with Gasteiger partial charge in [-0.15, -0.1) is 0 Å². The Morgan fingerprint density at radius 2 is 1.02 bits per heavy atom. The molecule has 2 aromatic heterocycles. The Morgan fingerprint density at radius 1 is 0.426 bits per heavy atom. The lowest BCUT2D eigenvalue weighted by atomic mass is 10.0. The van der Waals surface area contributed by atoms with E-state index in [-0.39, 0.29) is 0 Å². The van der Waals surface area contributed by atoms with Crippen LogP contribution in [0.4, 0.5) is 17.1 Å². The third kappa shape index (κ3) is 3.87.